The van der Waals surface area contributed by atoms with Crippen LogP contribution in [0.3, 0.4) is 0 Å². The summed E-state index contributed by atoms with van der Waals surface area (Å²) in [6.07, 6.45) is 1.83. The lowest BCUT2D eigenvalue weighted by Gasteiger charge is -2.18. The van der Waals surface area contributed by atoms with E-state index >= 15 is 0 Å². The lowest BCUT2D eigenvalue weighted by molar-refractivity contribution is -0.111. The van der Waals surface area contributed by atoms with Crippen LogP contribution in [0.5, 0.6) is 5.75 Å². The number of rotatable bonds is 5. The van der Waals surface area contributed by atoms with Gasteiger partial charge in [-0.05, 0) is 36.4 Å². The van der Waals surface area contributed by atoms with Crippen molar-refractivity contribution in [2.24, 2.45) is 0 Å². The van der Waals surface area contributed by atoms with E-state index in [1.54, 1.807) is 35.2 Å². The zero-order valence-corrected chi connectivity index (χ0v) is 14.9. The molecule has 0 bridgehead atoms. The second kappa shape index (κ2) is 8.06. The number of anilines is 1. The monoisotopic (exact) mass is 370 g/mol. The molecule has 1 fully saturated rings. The zero-order valence-electron chi connectivity index (χ0n) is 14.2. The summed E-state index contributed by atoms with van der Waals surface area (Å²) in [6, 6.07) is 14.2. The molecule has 1 atom stereocenters. The lowest BCUT2D eigenvalue weighted by atomic mass is 10.1. The fourth-order valence-corrected chi connectivity index (χ4v) is 3.01. The molecule has 0 saturated carbocycles. The number of nitrogens with zero attached hydrogens (tertiary/aromatic N) is 1. The number of likely N-dealkylation sites (tertiary alicyclic amines) is 1. The molecule has 2 aromatic rings. The largest absolute Gasteiger partial charge is 0.487 e. The van der Waals surface area contributed by atoms with Gasteiger partial charge in [-0.15, -0.1) is 0 Å². The van der Waals surface area contributed by atoms with Crippen LogP contribution in [0.1, 0.15) is 16.8 Å². The minimum Gasteiger partial charge on any atom is -0.487 e. The van der Waals surface area contributed by atoms with Gasteiger partial charge in [-0.3, -0.25) is 9.59 Å². The van der Waals surface area contributed by atoms with Crippen LogP contribution in [0.15, 0.2) is 61.2 Å². The van der Waals surface area contributed by atoms with Gasteiger partial charge in [-0.1, -0.05) is 36.4 Å². The van der Waals surface area contributed by atoms with Gasteiger partial charge in [0.15, 0.2) is 0 Å². The first-order valence-electron chi connectivity index (χ1n) is 8.31. The predicted octanol–water partition coefficient (Wildman–Crippen LogP) is 3.76. The van der Waals surface area contributed by atoms with Gasteiger partial charge >= 0.3 is 0 Å². The third-order valence-corrected chi connectivity index (χ3v) is 4.44. The minimum atomic E-state index is -0.316. The average molecular weight is 371 g/mol. The Hall–Kier alpha value is -2.79. The fraction of sp³-hybridized carbons (Fsp3) is 0.200. The van der Waals surface area contributed by atoms with E-state index in [0.717, 1.165) is 6.42 Å². The predicted molar refractivity (Wildman–Crippen MR) is 102 cm³/mol. The Morgan fingerprint density at radius 3 is 2.81 bits per heavy atom. The van der Waals surface area contributed by atoms with Crippen molar-refractivity contribution in [2.75, 3.05) is 18.4 Å². The Balaban J connectivity index is 1.64. The molecule has 0 aromatic heterocycles. The highest BCUT2D eigenvalue weighted by Gasteiger charge is 2.28. The van der Waals surface area contributed by atoms with E-state index in [-0.39, 0.29) is 17.9 Å². The van der Waals surface area contributed by atoms with Gasteiger partial charge in [0.05, 0.1) is 11.6 Å². The second-order valence-electron chi connectivity index (χ2n) is 5.98. The number of carbonyl (C=O) groups is 2. The number of hydrogen-bond acceptors (Lipinski definition) is 3. The van der Waals surface area contributed by atoms with Crippen molar-refractivity contribution >= 4 is 29.1 Å². The number of carbonyl (C=O) groups excluding carboxylic acids is 2. The van der Waals surface area contributed by atoms with Crippen LogP contribution in [0.2, 0.25) is 5.02 Å². The molecular weight excluding hydrogens is 352 g/mol. The van der Waals surface area contributed by atoms with Crippen molar-refractivity contribution in [3.05, 3.63) is 71.8 Å². The minimum absolute atomic E-state index is 0.0926. The molecule has 0 radical (unpaired) electrons. The van der Waals surface area contributed by atoms with Crippen molar-refractivity contribution in [1.29, 1.82) is 0 Å². The summed E-state index contributed by atoms with van der Waals surface area (Å²) in [5, 5.41) is 3.22. The van der Waals surface area contributed by atoms with Crippen LogP contribution in [0.4, 0.5) is 5.69 Å². The van der Waals surface area contributed by atoms with Crippen LogP contribution < -0.4 is 10.1 Å². The number of amides is 2. The molecule has 5 nitrogen and oxygen atoms in total. The van der Waals surface area contributed by atoms with Crippen molar-refractivity contribution in [3.63, 3.8) is 0 Å². The molecule has 1 N–H and O–H groups in total. The van der Waals surface area contributed by atoms with E-state index in [1.165, 1.54) is 6.08 Å². The average Bonchev–Trinajstić information content (AvgIpc) is 3.11. The molecular formula is C20H19ClN2O3. The molecule has 0 aliphatic carbocycles. The maximum Gasteiger partial charge on any atom is 0.254 e. The maximum absolute atomic E-state index is 12.7. The third kappa shape index (κ3) is 4.24. The molecule has 1 aliphatic heterocycles. The van der Waals surface area contributed by atoms with Gasteiger partial charge in [-0.25, -0.2) is 0 Å². The molecule has 134 valence electrons. The molecule has 1 heterocycles. The molecule has 2 aromatic carbocycles. The first-order valence-corrected chi connectivity index (χ1v) is 8.68. The summed E-state index contributed by atoms with van der Waals surface area (Å²) in [4.78, 5) is 25.9. The summed E-state index contributed by atoms with van der Waals surface area (Å²) in [5.74, 6) is 0.219. The standard InChI is InChI=1S/C20H19ClN2O3/c1-2-19(24)22-15-7-5-6-14(12-15)20(25)23-11-10-16(13-23)26-18-9-4-3-8-17(18)21/h2-9,12,16H,1,10-11,13H2,(H,22,24). The van der Waals surface area contributed by atoms with Crippen molar-refractivity contribution in [1.82, 2.24) is 4.90 Å². The summed E-state index contributed by atoms with van der Waals surface area (Å²) >= 11 is 6.12. The first-order chi connectivity index (χ1) is 12.6. The third-order valence-electron chi connectivity index (χ3n) is 4.12. The van der Waals surface area contributed by atoms with E-state index in [0.29, 0.717) is 35.1 Å². The molecule has 26 heavy (non-hydrogen) atoms. The second-order valence-corrected chi connectivity index (χ2v) is 6.39. The van der Waals surface area contributed by atoms with Crippen LogP contribution in [0, 0.1) is 0 Å². The SMILES string of the molecule is C=CC(=O)Nc1cccc(C(=O)N2CCC(Oc3ccccc3Cl)C2)c1. The Morgan fingerprint density at radius 2 is 2.04 bits per heavy atom. The Kier molecular flexibility index (Phi) is 5.58. The number of nitrogens with one attached hydrogen (secondary N) is 1. The topological polar surface area (TPSA) is 58.6 Å². The molecule has 1 aliphatic rings. The number of halogens is 1. The quantitative estimate of drug-likeness (QED) is 0.815. The summed E-state index contributed by atoms with van der Waals surface area (Å²) < 4.78 is 5.92. The van der Waals surface area contributed by atoms with Crippen LogP contribution in [-0.2, 0) is 4.79 Å². The van der Waals surface area contributed by atoms with Gasteiger partial charge in [0.2, 0.25) is 5.91 Å². The molecule has 0 spiro atoms. The van der Waals surface area contributed by atoms with Crippen LogP contribution >= 0.6 is 11.6 Å². The van der Waals surface area contributed by atoms with Gasteiger partial charge in [0, 0.05) is 24.2 Å². The maximum atomic E-state index is 12.7. The van der Waals surface area contributed by atoms with E-state index in [1.807, 2.05) is 18.2 Å². The molecule has 6 heteroatoms. The fourth-order valence-electron chi connectivity index (χ4n) is 2.83. The van der Waals surface area contributed by atoms with E-state index in [9.17, 15) is 9.59 Å². The summed E-state index contributed by atoms with van der Waals surface area (Å²) in [7, 11) is 0. The lowest BCUT2D eigenvalue weighted by Crippen LogP contribution is -2.31. The van der Waals surface area contributed by atoms with Crippen molar-refractivity contribution < 1.29 is 14.3 Å². The van der Waals surface area contributed by atoms with Crippen LogP contribution in [-0.4, -0.2) is 35.9 Å². The zero-order chi connectivity index (χ0) is 18.5. The Bertz CT molecular complexity index is 837. The van der Waals surface area contributed by atoms with Gasteiger partial charge in [0.25, 0.3) is 5.91 Å². The first kappa shape index (κ1) is 18.0. The van der Waals surface area contributed by atoms with Crippen molar-refractivity contribution in [3.8, 4) is 5.75 Å². The molecule has 1 saturated heterocycles. The highest BCUT2D eigenvalue weighted by atomic mass is 35.5. The van der Waals surface area contributed by atoms with Gasteiger partial charge in [0.1, 0.15) is 11.9 Å². The summed E-state index contributed by atoms with van der Waals surface area (Å²) in [6.45, 7) is 4.52. The smallest absolute Gasteiger partial charge is 0.254 e. The molecule has 2 amide bonds. The van der Waals surface area contributed by atoms with E-state index < -0.39 is 0 Å². The normalized spacial score (nSPS) is 16.2. The van der Waals surface area contributed by atoms with E-state index in [2.05, 4.69) is 11.9 Å². The number of para-hydroxylation sites is 1. The highest BCUT2D eigenvalue weighted by Crippen LogP contribution is 2.27. The van der Waals surface area contributed by atoms with Gasteiger partial charge < -0.3 is 15.0 Å². The molecule has 1 unspecified atom stereocenters. The summed E-state index contributed by atoms with van der Waals surface area (Å²) in [5.41, 5.74) is 1.08. The number of hydrogen-bond donors (Lipinski definition) is 1. The Labute approximate surface area is 157 Å². The number of ether oxygens (including phenoxy) is 1. The van der Waals surface area contributed by atoms with E-state index in [4.69, 9.17) is 16.3 Å². The van der Waals surface area contributed by atoms with Gasteiger partial charge in [-0.2, -0.15) is 0 Å². The van der Waals surface area contributed by atoms with Crippen LogP contribution in [0.25, 0.3) is 0 Å². The highest BCUT2D eigenvalue weighted by molar-refractivity contribution is 6.32. The number of benzene rings is 2. The molecule has 3 rings (SSSR count). The Morgan fingerprint density at radius 1 is 1.23 bits per heavy atom. The van der Waals surface area contributed by atoms with Crippen molar-refractivity contribution in [2.45, 2.75) is 12.5 Å².